The van der Waals surface area contributed by atoms with Gasteiger partial charge in [-0.1, -0.05) is 0 Å². The Kier molecular flexibility index (Phi) is 4.51. The van der Waals surface area contributed by atoms with Crippen LogP contribution < -0.4 is 5.73 Å². The second-order valence-electron chi connectivity index (χ2n) is 3.76. The van der Waals surface area contributed by atoms with Gasteiger partial charge in [-0.15, -0.1) is 0 Å². The molecular formula is C11H19N3O3. The molecule has 0 amide bonds. The van der Waals surface area contributed by atoms with Crippen molar-refractivity contribution in [3.8, 4) is 0 Å². The molecule has 1 aromatic rings. The van der Waals surface area contributed by atoms with Crippen LogP contribution in [0.2, 0.25) is 0 Å². The summed E-state index contributed by atoms with van der Waals surface area (Å²) in [6, 6.07) is 0.0286. The molecule has 0 saturated carbocycles. The van der Waals surface area contributed by atoms with E-state index in [9.17, 15) is 4.79 Å². The number of hydrogen-bond donors (Lipinski definition) is 1. The maximum atomic E-state index is 11.4. The van der Waals surface area contributed by atoms with Crippen LogP contribution in [0.4, 0.5) is 5.82 Å². The minimum absolute atomic E-state index is 0.0286. The Morgan fingerprint density at radius 1 is 1.59 bits per heavy atom. The first-order chi connectivity index (χ1) is 8.02. The summed E-state index contributed by atoms with van der Waals surface area (Å²) < 4.78 is 11.7. The smallest absolute Gasteiger partial charge is 0.360 e. The highest BCUT2D eigenvalue weighted by Crippen LogP contribution is 2.20. The molecule has 0 fully saturated rings. The summed E-state index contributed by atoms with van der Waals surface area (Å²) in [4.78, 5) is 15.5. The maximum Gasteiger partial charge on any atom is 0.360 e. The Hall–Kier alpha value is -1.56. The Morgan fingerprint density at radius 3 is 2.76 bits per heavy atom. The summed E-state index contributed by atoms with van der Waals surface area (Å²) in [6.07, 6.45) is 0. The predicted octanol–water partition coefficient (Wildman–Crippen LogP) is 1.16. The fourth-order valence-electron chi connectivity index (χ4n) is 1.73. The molecule has 6 heteroatoms. The van der Waals surface area contributed by atoms with Gasteiger partial charge in [0.2, 0.25) is 0 Å². The fraction of sp³-hybridized carbons (Fsp3) is 0.636. The minimum atomic E-state index is -0.520. The molecule has 1 heterocycles. The van der Waals surface area contributed by atoms with E-state index in [1.807, 2.05) is 13.8 Å². The van der Waals surface area contributed by atoms with Crippen LogP contribution in [0.15, 0.2) is 0 Å². The number of methoxy groups -OCH3 is 1. The number of nitrogens with two attached hydrogens (primary N) is 1. The molecule has 1 rings (SSSR count). The standard InChI is InChI=1S/C11H19N3O3/c1-5-17-6-7(2)14-8(3)13-9(10(14)12)11(15)16-4/h7H,5-6,12H2,1-4H3. The molecule has 0 aromatic carbocycles. The zero-order chi connectivity index (χ0) is 13.0. The Labute approximate surface area is 101 Å². The second kappa shape index (κ2) is 5.67. The van der Waals surface area contributed by atoms with E-state index in [4.69, 9.17) is 10.5 Å². The van der Waals surface area contributed by atoms with E-state index in [-0.39, 0.29) is 11.7 Å². The molecular weight excluding hydrogens is 222 g/mol. The van der Waals surface area contributed by atoms with Crippen molar-refractivity contribution in [3.05, 3.63) is 11.5 Å². The molecule has 0 aliphatic carbocycles. The molecule has 0 aliphatic heterocycles. The first kappa shape index (κ1) is 13.5. The van der Waals surface area contributed by atoms with Crippen molar-refractivity contribution in [2.45, 2.75) is 26.8 Å². The minimum Gasteiger partial charge on any atom is -0.464 e. The summed E-state index contributed by atoms with van der Waals surface area (Å²) in [5.41, 5.74) is 6.06. The highest BCUT2D eigenvalue weighted by atomic mass is 16.5. The fourth-order valence-corrected chi connectivity index (χ4v) is 1.73. The first-order valence-corrected chi connectivity index (χ1v) is 5.53. The van der Waals surface area contributed by atoms with Gasteiger partial charge in [-0.05, 0) is 20.8 Å². The van der Waals surface area contributed by atoms with Crippen molar-refractivity contribution >= 4 is 11.8 Å². The SMILES string of the molecule is CCOCC(C)n1c(C)nc(C(=O)OC)c1N. The average molecular weight is 241 g/mol. The average Bonchev–Trinajstić information content (AvgIpc) is 2.61. The van der Waals surface area contributed by atoms with E-state index in [2.05, 4.69) is 9.72 Å². The first-order valence-electron chi connectivity index (χ1n) is 5.53. The number of carbonyl (C=O) groups is 1. The van der Waals surface area contributed by atoms with Gasteiger partial charge in [-0.2, -0.15) is 0 Å². The largest absolute Gasteiger partial charge is 0.464 e. The lowest BCUT2D eigenvalue weighted by Crippen LogP contribution is -2.16. The second-order valence-corrected chi connectivity index (χ2v) is 3.76. The zero-order valence-corrected chi connectivity index (χ0v) is 10.7. The third kappa shape index (κ3) is 2.76. The number of carbonyl (C=O) groups excluding carboxylic acids is 1. The van der Waals surface area contributed by atoms with Crippen LogP contribution in [-0.4, -0.2) is 35.8 Å². The van der Waals surface area contributed by atoms with Crippen molar-refractivity contribution in [1.29, 1.82) is 0 Å². The van der Waals surface area contributed by atoms with E-state index < -0.39 is 5.97 Å². The molecule has 0 aliphatic rings. The van der Waals surface area contributed by atoms with Crippen molar-refractivity contribution < 1.29 is 14.3 Å². The molecule has 2 N–H and O–H groups in total. The van der Waals surface area contributed by atoms with Gasteiger partial charge in [-0.3, -0.25) is 0 Å². The molecule has 6 nitrogen and oxygen atoms in total. The highest BCUT2D eigenvalue weighted by Gasteiger charge is 2.21. The summed E-state index contributed by atoms with van der Waals surface area (Å²) >= 11 is 0. The van der Waals surface area contributed by atoms with Gasteiger partial charge in [0.05, 0.1) is 19.8 Å². The molecule has 0 saturated heterocycles. The molecule has 1 unspecified atom stereocenters. The zero-order valence-electron chi connectivity index (χ0n) is 10.7. The van der Waals surface area contributed by atoms with Crippen molar-refractivity contribution in [1.82, 2.24) is 9.55 Å². The number of imidazole rings is 1. The Balaban J connectivity index is 3.00. The van der Waals surface area contributed by atoms with Gasteiger partial charge < -0.3 is 19.8 Å². The van der Waals surface area contributed by atoms with Crippen molar-refractivity contribution in [2.75, 3.05) is 26.1 Å². The molecule has 0 bridgehead atoms. The van der Waals surface area contributed by atoms with Gasteiger partial charge in [0.25, 0.3) is 0 Å². The van der Waals surface area contributed by atoms with Crippen LogP contribution in [0.5, 0.6) is 0 Å². The number of hydrogen-bond acceptors (Lipinski definition) is 5. The molecule has 0 spiro atoms. The van der Waals surface area contributed by atoms with Crippen LogP contribution >= 0.6 is 0 Å². The normalized spacial score (nSPS) is 12.5. The van der Waals surface area contributed by atoms with E-state index in [0.29, 0.717) is 24.9 Å². The third-order valence-corrected chi connectivity index (χ3v) is 2.51. The van der Waals surface area contributed by atoms with Gasteiger partial charge in [0, 0.05) is 6.61 Å². The Bertz CT molecular complexity index is 401. The van der Waals surface area contributed by atoms with Gasteiger partial charge in [-0.25, -0.2) is 9.78 Å². The number of aryl methyl sites for hydroxylation is 1. The van der Waals surface area contributed by atoms with E-state index >= 15 is 0 Å². The number of rotatable bonds is 5. The molecule has 96 valence electrons. The van der Waals surface area contributed by atoms with Gasteiger partial charge in [0.15, 0.2) is 5.69 Å². The van der Waals surface area contributed by atoms with Gasteiger partial charge >= 0.3 is 5.97 Å². The topological polar surface area (TPSA) is 79.4 Å². The maximum absolute atomic E-state index is 11.4. The van der Waals surface area contributed by atoms with Crippen LogP contribution in [0, 0.1) is 6.92 Å². The summed E-state index contributed by atoms with van der Waals surface area (Å²) in [7, 11) is 1.31. The lowest BCUT2D eigenvalue weighted by molar-refractivity contribution is 0.0595. The summed E-state index contributed by atoms with van der Waals surface area (Å²) in [6.45, 7) is 6.85. The summed E-state index contributed by atoms with van der Waals surface area (Å²) in [5.74, 6) is 0.476. The van der Waals surface area contributed by atoms with Crippen LogP contribution in [0.3, 0.4) is 0 Å². The number of nitrogen functional groups attached to an aromatic ring is 1. The van der Waals surface area contributed by atoms with Crippen LogP contribution in [0.1, 0.15) is 36.2 Å². The number of nitrogens with zero attached hydrogens (tertiary/aromatic N) is 2. The summed E-state index contributed by atoms with van der Waals surface area (Å²) in [5, 5.41) is 0. The quantitative estimate of drug-likeness (QED) is 0.782. The highest BCUT2D eigenvalue weighted by molar-refractivity contribution is 5.92. The predicted molar refractivity (Wildman–Crippen MR) is 63.9 cm³/mol. The van der Waals surface area contributed by atoms with Crippen LogP contribution in [-0.2, 0) is 9.47 Å². The van der Waals surface area contributed by atoms with Crippen molar-refractivity contribution in [2.24, 2.45) is 0 Å². The monoisotopic (exact) mass is 241 g/mol. The number of esters is 1. The van der Waals surface area contributed by atoms with Gasteiger partial charge in [0.1, 0.15) is 11.6 Å². The van der Waals surface area contributed by atoms with E-state index in [1.165, 1.54) is 7.11 Å². The molecule has 1 aromatic heterocycles. The lowest BCUT2D eigenvalue weighted by atomic mass is 10.3. The van der Waals surface area contributed by atoms with E-state index in [1.54, 1.807) is 11.5 Å². The van der Waals surface area contributed by atoms with Crippen molar-refractivity contribution in [3.63, 3.8) is 0 Å². The number of anilines is 1. The molecule has 17 heavy (non-hydrogen) atoms. The number of aromatic nitrogens is 2. The lowest BCUT2D eigenvalue weighted by Gasteiger charge is -2.16. The molecule has 1 atom stereocenters. The molecule has 0 radical (unpaired) electrons. The van der Waals surface area contributed by atoms with E-state index in [0.717, 1.165) is 0 Å². The number of ether oxygens (including phenoxy) is 2. The third-order valence-electron chi connectivity index (χ3n) is 2.51. The van der Waals surface area contributed by atoms with Crippen LogP contribution in [0.25, 0.3) is 0 Å². The Morgan fingerprint density at radius 2 is 2.24 bits per heavy atom.